The number of aryl methyl sites for hydroxylation is 2. The minimum Gasteiger partial charge on any atom is -0.490 e. The molecule has 37 heavy (non-hydrogen) atoms. The van der Waals surface area contributed by atoms with E-state index in [1.54, 1.807) is 12.3 Å². The third kappa shape index (κ3) is 6.78. The molecular formula is C29H29BrIN3O3. The Morgan fingerprint density at radius 2 is 1.86 bits per heavy atom. The van der Waals surface area contributed by atoms with Crippen LogP contribution in [0.2, 0.25) is 0 Å². The van der Waals surface area contributed by atoms with Crippen molar-refractivity contribution in [3.63, 3.8) is 0 Å². The number of hydrogen-bond donors (Lipinski definition) is 0. The average Bonchev–Trinajstić information content (AvgIpc) is 2.88. The molecule has 192 valence electrons. The minimum absolute atomic E-state index is 0.188. The number of halogens is 2. The summed E-state index contributed by atoms with van der Waals surface area (Å²) in [7, 11) is 0. The first-order valence-electron chi connectivity index (χ1n) is 12.3. The number of hydrogen-bond acceptors (Lipinski definition) is 5. The lowest BCUT2D eigenvalue weighted by Crippen LogP contribution is -2.22. The fraction of sp³-hybridized carbons (Fsp3) is 0.276. The van der Waals surface area contributed by atoms with Crippen LogP contribution in [0.4, 0.5) is 0 Å². The number of unbranched alkanes of at least 4 members (excludes halogenated alkanes) is 1. The van der Waals surface area contributed by atoms with E-state index < -0.39 is 0 Å². The van der Waals surface area contributed by atoms with Crippen molar-refractivity contribution in [1.29, 1.82) is 0 Å². The highest BCUT2D eigenvalue weighted by Gasteiger charge is 2.14. The van der Waals surface area contributed by atoms with E-state index in [4.69, 9.17) is 14.5 Å². The lowest BCUT2D eigenvalue weighted by Gasteiger charge is -2.15. The lowest BCUT2D eigenvalue weighted by molar-refractivity contribution is 0.267. The van der Waals surface area contributed by atoms with Crippen molar-refractivity contribution >= 4 is 55.6 Å². The molecular weight excluding hydrogens is 645 g/mol. The van der Waals surface area contributed by atoms with Crippen molar-refractivity contribution in [2.45, 2.75) is 46.6 Å². The molecule has 0 fully saturated rings. The molecule has 1 aromatic heterocycles. The topological polar surface area (TPSA) is 65.7 Å². The summed E-state index contributed by atoms with van der Waals surface area (Å²) in [4.78, 5) is 18.1. The van der Waals surface area contributed by atoms with Crippen molar-refractivity contribution in [1.82, 2.24) is 9.66 Å². The second kappa shape index (κ2) is 12.7. The second-order valence-corrected chi connectivity index (χ2v) is 10.8. The SMILES string of the molecule is CCCCc1nc2ccc(Br)cc2c(=O)n1N=Cc1cc(I)c(OCc2ccc(C)cc2)c(OCC)c1. The zero-order valence-corrected chi connectivity index (χ0v) is 24.9. The first-order valence-corrected chi connectivity index (χ1v) is 14.2. The average molecular weight is 674 g/mol. The maximum absolute atomic E-state index is 13.4. The van der Waals surface area contributed by atoms with Crippen LogP contribution < -0.4 is 15.0 Å². The van der Waals surface area contributed by atoms with Crippen LogP contribution in [-0.4, -0.2) is 22.5 Å². The van der Waals surface area contributed by atoms with Crippen molar-refractivity contribution in [2.75, 3.05) is 6.61 Å². The van der Waals surface area contributed by atoms with Gasteiger partial charge in [-0.25, -0.2) is 4.98 Å². The Kier molecular flexibility index (Phi) is 9.37. The van der Waals surface area contributed by atoms with E-state index in [0.717, 1.165) is 32.0 Å². The molecule has 8 heteroatoms. The van der Waals surface area contributed by atoms with Crippen LogP contribution in [0.1, 0.15) is 49.2 Å². The number of benzene rings is 3. The van der Waals surface area contributed by atoms with Gasteiger partial charge in [0.1, 0.15) is 12.4 Å². The van der Waals surface area contributed by atoms with Crippen molar-refractivity contribution in [2.24, 2.45) is 5.10 Å². The first kappa shape index (κ1) is 27.3. The molecule has 0 unspecified atom stereocenters. The van der Waals surface area contributed by atoms with Gasteiger partial charge in [0, 0.05) is 10.9 Å². The fourth-order valence-electron chi connectivity index (χ4n) is 3.84. The van der Waals surface area contributed by atoms with Gasteiger partial charge in [0.05, 0.1) is 27.3 Å². The maximum atomic E-state index is 13.4. The van der Waals surface area contributed by atoms with E-state index >= 15 is 0 Å². The predicted octanol–water partition coefficient (Wildman–Crippen LogP) is 7.27. The summed E-state index contributed by atoms with van der Waals surface area (Å²) in [5, 5.41) is 5.11. The van der Waals surface area contributed by atoms with E-state index in [2.05, 4.69) is 81.7 Å². The van der Waals surface area contributed by atoms with Gasteiger partial charge in [-0.2, -0.15) is 9.78 Å². The molecule has 0 N–H and O–H groups in total. The number of aromatic nitrogens is 2. The van der Waals surface area contributed by atoms with E-state index in [1.165, 1.54) is 10.2 Å². The van der Waals surface area contributed by atoms with E-state index in [1.807, 2.05) is 31.2 Å². The molecule has 0 saturated heterocycles. The van der Waals surface area contributed by atoms with E-state index in [0.29, 0.717) is 47.9 Å². The van der Waals surface area contributed by atoms with Gasteiger partial charge in [0.15, 0.2) is 11.5 Å². The van der Waals surface area contributed by atoms with E-state index in [9.17, 15) is 4.79 Å². The molecule has 3 aromatic carbocycles. The van der Waals surface area contributed by atoms with Gasteiger partial charge in [-0.05, 0) is 84.3 Å². The zero-order valence-electron chi connectivity index (χ0n) is 21.1. The Labute approximate surface area is 239 Å². The highest BCUT2D eigenvalue weighted by Crippen LogP contribution is 2.34. The minimum atomic E-state index is -0.188. The molecule has 0 aliphatic rings. The largest absolute Gasteiger partial charge is 0.490 e. The normalized spacial score (nSPS) is 11.4. The van der Waals surface area contributed by atoms with Crippen molar-refractivity contribution < 1.29 is 9.47 Å². The Bertz CT molecular complexity index is 1480. The molecule has 6 nitrogen and oxygen atoms in total. The third-order valence-electron chi connectivity index (χ3n) is 5.79. The van der Waals surface area contributed by atoms with Crippen LogP contribution in [0, 0.1) is 10.5 Å². The molecule has 0 spiro atoms. The van der Waals surface area contributed by atoms with Crippen LogP contribution in [0.5, 0.6) is 11.5 Å². The molecule has 0 radical (unpaired) electrons. The molecule has 0 aliphatic heterocycles. The molecule has 4 rings (SSSR count). The summed E-state index contributed by atoms with van der Waals surface area (Å²) >= 11 is 5.70. The fourth-order valence-corrected chi connectivity index (χ4v) is 4.98. The van der Waals surface area contributed by atoms with Gasteiger partial charge in [0.25, 0.3) is 5.56 Å². The third-order valence-corrected chi connectivity index (χ3v) is 7.08. The number of fused-ring (bicyclic) bond motifs is 1. The summed E-state index contributed by atoms with van der Waals surface area (Å²) in [5.41, 5.74) is 3.59. The molecule has 0 saturated carbocycles. The summed E-state index contributed by atoms with van der Waals surface area (Å²) in [6.07, 6.45) is 4.26. The Hall–Kier alpha value is -2.72. The van der Waals surface area contributed by atoms with E-state index in [-0.39, 0.29) is 5.56 Å². The lowest BCUT2D eigenvalue weighted by atomic mass is 10.1. The van der Waals surface area contributed by atoms with Crippen LogP contribution in [0.25, 0.3) is 10.9 Å². The van der Waals surface area contributed by atoms with Crippen molar-refractivity contribution in [3.8, 4) is 11.5 Å². The van der Waals surface area contributed by atoms with Crippen LogP contribution in [0.3, 0.4) is 0 Å². The highest BCUT2D eigenvalue weighted by molar-refractivity contribution is 14.1. The van der Waals surface area contributed by atoms with Crippen LogP contribution >= 0.6 is 38.5 Å². The number of ether oxygens (including phenoxy) is 2. The molecule has 0 amide bonds. The molecule has 0 bridgehead atoms. The second-order valence-electron chi connectivity index (χ2n) is 8.69. The molecule has 1 heterocycles. The standard InChI is InChI=1S/C29H29BrIN3O3/c1-4-6-7-27-33-25-13-12-22(30)16-23(25)29(35)34(27)32-17-21-14-24(31)28(26(15-21)36-5-2)37-18-20-10-8-19(3)9-11-20/h8-17H,4-7,18H2,1-3H3. The summed E-state index contributed by atoms with van der Waals surface area (Å²) in [6.45, 7) is 7.06. The summed E-state index contributed by atoms with van der Waals surface area (Å²) in [6, 6.07) is 17.7. The van der Waals surface area contributed by atoms with Crippen molar-refractivity contribution in [3.05, 3.63) is 95.5 Å². The number of rotatable bonds is 10. The monoisotopic (exact) mass is 673 g/mol. The maximum Gasteiger partial charge on any atom is 0.282 e. The predicted molar refractivity (Wildman–Crippen MR) is 161 cm³/mol. The Morgan fingerprint density at radius 1 is 1.08 bits per heavy atom. The van der Waals surface area contributed by atoms with Gasteiger partial charge in [-0.3, -0.25) is 4.79 Å². The van der Waals surface area contributed by atoms with Gasteiger partial charge in [-0.1, -0.05) is 59.1 Å². The quantitative estimate of drug-likeness (QED) is 0.131. The Balaban J connectivity index is 1.68. The summed E-state index contributed by atoms with van der Waals surface area (Å²) < 4.78 is 15.2. The van der Waals surface area contributed by atoms with Gasteiger partial charge in [-0.15, -0.1) is 0 Å². The van der Waals surface area contributed by atoms with Crippen LogP contribution in [0.15, 0.2) is 69.0 Å². The smallest absolute Gasteiger partial charge is 0.282 e. The van der Waals surface area contributed by atoms with Gasteiger partial charge >= 0.3 is 0 Å². The Morgan fingerprint density at radius 3 is 2.59 bits per heavy atom. The van der Waals surface area contributed by atoms with Gasteiger partial charge < -0.3 is 9.47 Å². The highest BCUT2D eigenvalue weighted by atomic mass is 127. The van der Waals surface area contributed by atoms with Crippen LogP contribution in [-0.2, 0) is 13.0 Å². The summed E-state index contributed by atoms with van der Waals surface area (Å²) in [5.74, 6) is 1.98. The molecule has 4 aromatic rings. The zero-order chi connectivity index (χ0) is 26.4. The van der Waals surface area contributed by atoms with Gasteiger partial charge in [0.2, 0.25) is 0 Å². The molecule has 0 atom stereocenters. The number of nitrogens with zero attached hydrogens (tertiary/aromatic N) is 3. The first-order chi connectivity index (χ1) is 17.9. The molecule has 0 aliphatic carbocycles.